The minimum absolute atomic E-state index is 0.104. The summed E-state index contributed by atoms with van der Waals surface area (Å²) in [4.78, 5) is 20.1. The van der Waals surface area contributed by atoms with Crippen molar-refractivity contribution >= 4 is 21.5 Å². The van der Waals surface area contributed by atoms with Gasteiger partial charge in [-0.05, 0) is 11.1 Å². The van der Waals surface area contributed by atoms with Gasteiger partial charge in [0.15, 0.2) is 21.5 Å². The number of amides is 1. The number of carbonyl (C=O) groups is 1. The van der Waals surface area contributed by atoms with Crippen LogP contribution < -0.4 is 5.73 Å². The van der Waals surface area contributed by atoms with Crippen LogP contribution in [0.2, 0.25) is 0 Å². The van der Waals surface area contributed by atoms with Crippen LogP contribution in [0.5, 0.6) is 0 Å². The molecule has 2 heterocycles. The minimum Gasteiger partial charge on any atom is -0.392 e. The predicted octanol–water partition coefficient (Wildman–Crippen LogP) is 1.81. The fraction of sp³-hybridized carbons (Fsp3) is 0.278. The third kappa shape index (κ3) is 4.16. The van der Waals surface area contributed by atoms with Gasteiger partial charge in [-0.3, -0.25) is 9.78 Å². The number of oxime groups is 1. The molecule has 1 aromatic carbocycles. The second-order valence-corrected chi connectivity index (χ2v) is 8.71. The van der Waals surface area contributed by atoms with E-state index in [0.29, 0.717) is 16.8 Å². The number of pyridine rings is 1. The van der Waals surface area contributed by atoms with Crippen LogP contribution in [-0.2, 0) is 19.5 Å². The predicted molar refractivity (Wildman–Crippen MR) is 98.1 cm³/mol. The van der Waals surface area contributed by atoms with Crippen LogP contribution in [0.1, 0.15) is 18.4 Å². The van der Waals surface area contributed by atoms with Crippen LogP contribution >= 0.6 is 0 Å². The van der Waals surface area contributed by atoms with E-state index in [0.717, 1.165) is 18.6 Å². The molecule has 0 fully saturated rings. The highest BCUT2D eigenvalue weighted by Gasteiger charge is 2.33. The Morgan fingerprint density at radius 1 is 1.21 bits per heavy atom. The van der Waals surface area contributed by atoms with E-state index in [1.54, 1.807) is 12.1 Å². The van der Waals surface area contributed by atoms with E-state index in [-0.39, 0.29) is 18.4 Å². The first-order chi connectivity index (χ1) is 13.2. The summed E-state index contributed by atoms with van der Waals surface area (Å²) in [6.07, 6.45) is 2.36. The second kappa shape index (κ2) is 7.63. The lowest BCUT2D eigenvalue weighted by atomic mass is 9.99. The number of sulfone groups is 1. The number of nitrogens with zero attached hydrogens (tertiary/aromatic N) is 2. The van der Waals surface area contributed by atoms with Gasteiger partial charge in [-0.25, -0.2) is 17.2 Å². The van der Waals surface area contributed by atoms with Gasteiger partial charge in [-0.15, -0.1) is 0 Å². The molecular weight excluding hydrogens is 392 g/mol. The number of hydrogen-bond donors (Lipinski definition) is 1. The molecule has 0 saturated carbocycles. The van der Waals surface area contributed by atoms with Gasteiger partial charge in [0.2, 0.25) is 5.91 Å². The van der Waals surface area contributed by atoms with E-state index < -0.39 is 38.7 Å². The Morgan fingerprint density at radius 3 is 2.32 bits per heavy atom. The Hall–Kier alpha value is -2.88. The smallest absolute Gasteiger partial charge is 0.235 e. The molecule has 28 heavy (non-hydrogen) atoms. The number of carbonyl (C=O) groups excluding carboxylic acids is 1. The van der Waals surface area contributed by atoms with E-state index in [1.807, 2.05) is 0 Å². The van der Waals surface area contributed by atoms with Crippen molar-refractivity contribution in [3.8, 4) is 11.1 Å². The summed E-state index contributed by atoms with van der Waals surface area (Å²) < 4.78 is 51.0. The Bertz CT molecular complexity index is 1020. The number of benzene rings is 1. The summed E-state index contributed by atoms with van der Waals surface area (Å²) in [7, 11) is -3.66. The Balaban J connectivity index is 1.73. The molecule has 1 aromatic heterocycles. The van der Waals surface area contributed by atoms with Crippen molar-refractivity contribution in [3.63, 3.8) is 0 Å². The third-order valence-corrected chi connectivity index (χ3v) is 5.86. The average molecular weight is 409 g/mol. The standard InChI is InChI=1S/C18H17F2N3O4S/c1-28(25,26)16(18(21)24)7-12-6-15(23-27-12)10-2-4-11(5-3-10)17-13(19)8-22-9-14(17)20/h2-5,8-9,12,16H,6-7H2,1H3,(H2,21,24). The van der Waals surface area contributed by atoms with Crippen molar-refractivity contribution in [1.29, 1.82) is 0 Å². The summed E-state index contributed by atoms with van der Waals surface area (Å²) in [5.74, 6) is -2.48. The zero-order chi connectivity index (χ0) is 20.5. The normalized spacial score (nSPS) is 17.7. The molecule has 2 atom stereocenters. The SMILES string of the molecule is CS(=O)(=O)C(CC1CC(c2ccc(-c3c(F)cncc3F)cc2)=NO1)C(N)=O. The molecule has 1 aliphatic heterocycles. The Kier molecular flexibility index (Phi) is 5.41. The van der Waals surface area contributed by atoms with Gasteiger partial charge in [-0.2, -0.15) is 0 Å². The van der Waals surface area contributed by atoms with Crippen LogP contribution in [0.15, 0.2) is 41.8 Å². The van der Waals surface area contributed by atoms with Gasteiger partial charge < -0.3 is 10.6 Å². The molecule has 1 aliphatic rings. The summed E-state index contributed by atoms with van der Waals surface area (Å²) in [6.45, 7) is 0. The molecule has 0 radical (unpaired) electrons. The first-order valence-electron chi connectivity index (χ1n) is 8.27. The number of nitrogens with two attached hydrogens (primary N) is 1. The van der Waals surface area contributed by atoms with Crippen LogP contribution in [0.25, 0.3) is 11.1 Å². The summed E-state index contributed by atoms with van der Waals surface area (Å²) >= 11 is 0. The minimum atomic E-state index is -3.66. The molecule has 7 nitrogen and oxygen atoms in total. The van der Waals surface area contributed by atoms with Gasteiger partial charge in [0.1, 0.15) is 11.4 Å². The lowest BCUT2D eigenvalue weighted by molar-refractivity contribution is -0.118. The maximum absolute atomic E-state index is 13.8. The molecule has 2 aromatic rings. The maximum atomic E-state index is 13.8. The lowest BCUT2D eigenvalue weighted by Gasteiger charge is -2.14. The fourth-order valence-electron chi connectivity index (χ4n) is 2.98. The fourth-order valence-corrected chi connectivity index (χ4v) is 3.97. The van der Waals surface area contributed by atoms with Crippen LogP contribution in [0.4, 0.5) is 8.78 Å². The summed E-state index contributed by atoms with van der Waals surface area (Å²) in [5.41, 5.74) is 6.50. The zero-order valence-electron chi connectivity index (χ0n) is 14.8. The third-order valence-electron chi connectivity index (χ3n) is 4.40. The number of rotatable bonds is 6. The highest BCUT2D eigenvalue weighted by molar-refractivity contribution is 7.92. The monoisotopic (exact) mass is 409 g/mol. The Labute approximate surface area is 160 Å². The number of aromatic nitrogens is 1. The van der Waals surface area contributed by atoms with Crippen molar-refractivity contribution in [2.24, 2.45) is 10.9 Å². The number of hydrogen-bond acceptors (Lipinski definition) is 6. The molecule has 0 bridgehead atoms. The van der Waals surface area contributed by atoms with Crippen molar-refractivity contribution in [1.82, 2.24) is 4.98 Å². The van der Waals surface area contributed by atoms with Crippen LogP contribution in [0.3, 0.4) is 0 Å². The van der Waals surface area contributed by atoms with Crippen LogP contribution in [-0.4, -0.2) is 42.6 Å². The molecule has 148 valence electrons. The van der Waals surface area contributed by atoms with Gasteiger partial charge in [0, 0.05) is 19.1 Å². The molecule has 0 aliphatic carbocycles. The average Bonchev–Trinajstić information content (AvgIpc) is 3.08. The number of halogens is 2. The maximum Gasteiger partial charge on any atom is 0.235 e. The molecule has 2 unspecified atom stereocenters. The summed E-state index contributed by atoms with van der Waals surface area (Å²) in [6, 6.07) is 6.33. The topological polar surface area (TPSA) is 112 Å². The molecule has 1 amide bonds. The van der Waals surface area contributed by atoms with Gasteiger partial charge in [0.05, 0.1) is 23.7 Å². The van der Waals surface area contributed by atoms with Crippen molar-refractivity contribution in [2.45, 2.75) is 24.2 Å². The molecule has 0 spiro atoms. The van der Waals surface area contributed by atoms with E-state index in [9.17, 15) is 22.0 Å². The van der Waals surface area contributed by atoms with Crippen molar-refractivity contribution < 1.29 is 26.8 Å². The molecule has 2 N–H and O–H groups in total. The molecule has 10 heteroatoms. The van der Waals surface area contributed by atoms with Crippen LogP contribution in [0, 0.1) is 11.6 Å². The quantitative estimate of drug-likeness (QED) is 0.782. The van der Waals surface area contributed by atoms with E-state index in [4.69, 9.17) is 10.6 Å². The van der Waals surface area contributed by atoms with E-state index >= 15 is 0 Å². The zero-order valence-corrected chi connectivity index (χ0v) is 15.6. The second-order valence-electron chi connectivity index (χ2n) is 6.48. The van der Waals surface area contributed by atoms with Crippen molar-refractivity contribution in [3.05, 3.63) is 53.9 Å². The molecular formula is C18H17F2N3O4S. The van der Waals surface area contributed by atoms with E-state index in [2.05, 4.69) is 10.1 Å². The number of primary amides is 1. The largest absolute Gasteiger partial charge is 0.392 e. The van der Waals surface area contributed by atoms with Crippen molar-refractivity contribution in [2.75, 3.05) is 6.26 Å². The first-order valence-corrected chi connectivity index (χ1v) is 10.2. The first kappa shape index (κ1) is 19.9. The summed E-state index contributed by atoms with van der Waals surface area (Å²) in [5, 5.41) is 2.58. The molecule has 0 saturated heterocycles. The van der Waals surface area contributed by atoms with Gasteiger partial charge in [-0.1, -0.05) is 29.4 Å². The van der Waals surface area contributed by atoms with Gasteiger partial charge >= 0.3 is 0 Å². The lowest BCUT2D eigenvalue weighted by Crippen LogP contribution is -2.38. The highest BCUT2D eigenvalue weighted by atomic mass is 32.2. The highest BCUT2D eigenvalue weighted by Crippen LogP contribution is 2.27. The Morgan fingerprint density at radius 2 is 1.79 bits per heavy atom. The van der Waals surface area contributed by atoms with Gasteiger partial charge in [0.25, 0.3) is 0 Å². The van der Waals surface area contributed by atoms with E-state index in [1.165, 1.54) is 12.1 Å². The molecule has 3 rings (SSSR count).